The Hall–Kier alpha value is -2.34. The first-order valence-electron chi connectivity index (χ1n) is 6.67. The number of rotatable bonds is 9. The topological polar surface area (TPSA) is 71.1 Å². The van der Waals surface area contributed by atoms with Crippen LogP contribution in [0.15, 0.2) is 30.9 Å². The molecule has 1 aromatic rings. The standard InChI is InChI=1S/C16H20O6/c1-5-8-21-11(2)16(18)22-10-14(17)13-7-6-12(19-3)9-15(13)20-4/h5-7,9,11H,1,8,10H2,2-4H3. The monoisotopic (exact) mass is 308 g/mol. The Morgan fingerprint density at radius 1 is 1.27 bits per heavy atom. The molecule has 0 fully saturated rings. The zero-order valence-electron chi connectivity index (χ0n) is 13.0. The van der Waals surface area contributed by atoms with Crippen LogP contribution in [0.4, 0.5) is 0 Å². The minimum Gasteiger partial charge on any atom is -0.497 e. The number of carbonyl (C=O) groups is 2. The maximum atomic E-state index is 12.1. The highest BCUT2D eigenvalue weighted by molar-refractivity contribution is 6.00. The molecule has 6 nitrogen and oxygen atoms in total. The van der Waals surface area contributed by atoms with Crippen molar-refractivity contribution >= 4 is 11.8 Å². The fourth-order valence-electron chi connectivity index (χ4n) is 1.64. The molecule has 120 valence electrons. The third-order valence-corrected chi connectivity index (χ3v) is 2.85. The van der Waals surface area contributed by atoms with Gasteiger partial charge in [-0.2, -0.15) is 0 Å². The van der Waals surface area contributed by atoms with E-state index in [-0.39, 0.29) is 19.0 Å². The van der Waals surface area contributed by atoms with Gasteiger partial charge in [0.05, 0.1) is 26.4 Å². The summed E-state index contributed by atoms with van der Waals surface area (Å²) in [5.74, 6) is -0.0559. The highest BCUT2D eigenvalue weighted by atomic mass is 16.6. The molecule has 1 rings (SSSR count). The fraction of sp³-hybridized carbons (Fsp3) is 0.375. The molecule has 1 aromatic carbocycles. The van der Waals surface area contributed by atoms with Gasteiger partial charge in [0, 0.05) is 6.07 Å². The van der Waals surface area contributed by atoms with Crippen molar-refractivity contribution in [2.45, 2.75) is 13.0 Å². The minimum absolute atomic E-state index is 0.233. The Morgan fingerprint density at radius 3 is 2.59 bits per heavy atom. The van der Waals surface area contributed by atoms with Crippen molar-refractivity contribution in [1.82, 2.24) is 0 Å². The molecule has 0 N–H and O–H groups in total. The molecule has 0 aliphatic rings. The van der Waals surface area contributed by atoms with Crippen LogP contribution in [0.1, 0.15) is 17.3 Å². The first-order chi connectivity index (χ1) is 10.5. The molecule has 0 amide bonds. The lowest BCUT2D eigenvalue weighted by atomic mass is 10.1. The predicted molar refractivity (Wildman–Crippen MR) is 80.4 cm³/mol. The van der Waals surface area contributed by atoms with Gasteiger partial charge in [0.25, 0.3) is 0 Å². The van der Waals surface area contributed by atoms with E-state index in [4.69, 9.17) is 18.9 Å². The van der Waals surface area contributed by atoms with E-state index >= 15 is 0 Å². The number of esters is 1. The summed E-state index contributed by atoms with van der Waals surface area (Å²) in [5.41, 5.74) is 0.316. The van der Waals surface area contributed by atoms with Crippen molar-refractivity contribution in [1.29, 1.82) is 0 Å². The van der Waals surface area contributed by atoms with E-state index < -0.39 is 12.1 Å². The number of hydrogen-bond donors (Lipinski definition) is 0. The number of hydrogen-bond acceptors (Lipinski definition) is 6. The van der Waals surface area contributed by atoms with E-state index in [2.05, 4.69) is 6.58 Å². The number of carbonyl (C=O) groups excluding carboxylic acids is 2. The van der Waals surface area contributed by atoms with Gasteiger partial charge in [-0.3, -0.25) is 4.79 Å². The van der Waals surface area contributed by atoms with Crippen LogP contribution in [0.5, 0.6) is 11.5 Å². The highest BCUT2D eigenvalue weighted by Gasteiger charge is 2.19. The summed E-state index contributed by atoms with van der Waals surface area (Å²) in [7, 11) is 2.96. The SMILES string of the molecule is C=CCOC(C)C(=O)OCC(=O)c1ccc(OC)cc1OC. The van der Waals surface area contributed by atoms with Crippen LogP contribution >= 0.6 is 0 Å². The Kier molecular flexibility index (Phi) is 7.12. The molecule has 0 heterocycles. The van der Waals surface area contributed by atoms with Crippen LogP contribution in [0.25, 0.3) is 0 Å². The van der Waals surface area contributed by atoms with Crippen LogP contribution in [0, 0.1) is 0 Å². The molecule has 0 aliphatic carbocycles. The average molecular weight is 308 g/mol. The van der Waals surface area contributed by atoms with Crippen molar-refractivity contribution < 1.29 is 28.5 Å². The van der Waals surface area contributed by atoms with Gasteiger partial charge >= 0.3 is 5.97 Å². The molecule has 0 spiro atoms. The van der Waals surface area contributed by atoms with Crippen LogP contribution in [0.3, 0.4) is 0 Å². The largest absolute Gasteiger partial charge is 0.497 e. The molecule has 0 saturated carbocycles. The first kappa shape index (κ1) is 17.7. The fourth-order valence-corrected chi connectivity index (χ4v) is 1.64. The number of methoxy groups -OCH3 is 2. The van der Waals surface area contributed by atoms with Gasteiger partial charge < -0.3 is 18.9 Å². The van der Waals surface area contributed by atoms with Gasteiger partial charge in [-0.25, -0.2) is 4.79 Å². The summed E-state index contributed by atoms with van der Waals surface area (Å²) in [6.07, 6.45) is 0.764. The molecule has 1 atom stereocenters. The van der Waals surface area contributed by atoms with E-state index in [1.54, 1.807) is 25.1 Å². The van der Waals surface area contributed by atoms with Crippen LogP contribution in [0.2, 0.25) is 0 Å². The van der Waals surface area contributed by atoms with Gasteiger partial charge in [-0.15, -0.1) is 6.58 Å². The highest BCUT2D eigenvalue weighted by Crippen LogP contribution is 2.24. The molecular formula is C16H20O6. The molecule has 0 aromatic heterocycles. The summed E-state index contributed by atoms with van der Waals surface area (Å²) in [4.78, 5) is 23.8. The van der Waals surface area contributed by atoms with Crippen LogP contribution in [-0.4, -0.2) is 45.3 Å². The Morgan fingerprint density at radius 2 is 2.00 bits per heavy atom. The Balaban J connectivity index is 2.65. The first-order valence-corrected chi connectivity index (χ1v) is 6.67. The van der Waals surface area contributed by atoms with Crippen molar-refractivity contribution in [3.63, 3.8) is 0 Å². The molecule has 0 radical (unpaired) electrons. The minimum atomic E-state index is -0.761. The van der Waals surface area contributed by atoms with Gasteiger partial charge in [0.1, 0.15) is 11.5 Å². The van der Waals surface area contributed by atoms with Crippen molar-refractivity contribution in [2.24, 2.45) is 0 Å². The van der Waals surface area contributed by atoms with Gasteiger partial charge in [0.2, 0.25) is 5.78 Å². The van der Waals surface area contributed by atoms with Gasteiger partial charge in [0.15, 0.2) is 12.7 Å². The Labute approximate surface area is 129 Å². The van der Waals surface area contributed by atoms with Crippen molar-refractivity contribution in [2.75, 3.05) is 27.4 Å². The molecule has 0 bridgehead atoms. The van der Waals surface area contributed by atoms with Gasteiger partial charge in [-0.1, -0.05) is 6.08 Å². The number of Topliss-reactive ketones (excluding diaryl/α,β-unsaturated/α-hetero) is 1. The molecule has 22 heavy (non-hydrogen) atoms. The van der Waals surface area contributed by atoms with E-state index in [1.165, 1.54) is 20.3 Å². The lowest BCUT2D eigenvalue weighted by Gasteiger charge is -2.12. The number of ether oxygens (including phenoxy) is 4. The second-order valence-electron chi connectivity index (χ2n) is 4.36. The lowest BCUT2D eigenvalue weighted by Crippen LogP contribution is -2.26. The zero-order valence-corrected chi connectivity index (χ0v) is 13.0. The Bertz CT molecular complexity index is 537. The summed E-state index contributed by atoms with van der Waals surface area (Å²) >= 11 is 0. The summed E-state index contributed by atoms with van der Waals surface area (Å²) in [5, 5.41) is 0. The van der Waals surface area contributed by atoms with Crippen molar-refractivity contribution in [3.8, 4) is 11.5 Å². The van der Waals surface area contributed by atoms with E-state index in [9.17, 15) is 9.59 Å². The van der Waals surface area contributed by atoms with Crippen LogP contribution < -0.4 is 9.47 Å². The quantitative estimate of drug-likeness (QED) is 0.395. The molecule has 6 heteroatoms. The number of ketones is 1. The molecule has 0 aliphatic heterocycles. The second kappa shape index (κ2) is 8.84. The van der Waals surface area contributed by atoms with E-state index in [0.29, 0.717) is 17.1 Å². The maximum Gasteiger partial charge on any atom is 0.335 e. The van der Waals surface area contributed by atoms with E-state index in [0.717, 1.165) is 0 Å². The smallest absolute Gasteiger partial charge is 0.335 e. The molecule has 0 saturated heterocycles. The van der Waals surface area contributed by atoms with Gasteiger partial charge in [-0.05, 0) is 19.1 Å². The third-order valence-electron chi connectivity index (χ3n) is 2.85. The summed E-state index contributed by atoms with van der Waals surface area (Å²) in [6.45, 7) is 4.88. The third kappa shape index (κ3) is 4.89. The predicted octanol–water partition coefficient (Wildman–Crippen LogP) is 2.02. The van der Waals surface area contributed by atoms with E-state index in [1.807, 2.05) is 0 Å². The lowest BCUT2D eigenvalue weighted by molar-refractivity contribution is -0.154. The normalized spacial score (nSPS) is 11.4. The second-order valence-corrected chi connectivity index (χ2v) is 4.36. The average Bonchev–Trinajstić information content (AvgIpc) is 2.56. The zero-order chi connectivity index (χ0) is 16.5. The molecular weight excluding hydrogens is 288 g/mol. The van der Waals surface area contributed by atoms with Crippen molar-refractivity contribution in [3.05, 3.63) is 36.4 Å². The molecule has 1 unspecified atom stereocenters. The number of benzene rings is 1. The van der Waals surface area contributed by atoms with Crippen LogP contribution in [-0.2, 0) is 14.3 Å². The summed E-state index contributed by atoms with van der Waals surface area (Å²) < 4.78 is 20.3. The summed E-state index contributed by atoms with van der Waals surface area (Å²) in [6, 6.07) is 4.78. The maximum absolute atomic E-state index is 12.1.